The van der Waals surface area contributed by atoms with Crippen LogP contribution >= 0.6 is 11.3 Å². The lowest BCUT2D eigenvalue weighted by Crippen LogP contribution is -2.37. The molecule has 0 radical (unpaired) electrons. The molecule has 4 rings (SSSR count). The fourth-order valence-electron chi connectivity index (χ4n) is 3.18. The van der Waals surface area contributed by atoms with E-state index in [0.29, 0.717) is 30.4 Å². The van der Waals surface area contributed by atoms with Crippen molar-refractivity contribution in [3.05, 3.63) is 76.0 Å². The number of aryl methyl sites for hydroxylation is 1. The summed E-state index contributed by atoms with van der Waals surface area (Å²) in [6.07, 6.45) is 0.233. The van der Waals surface area contributed by atoms with E-state index in [-0.39, 0.29) is 18.2 Å². The smallest absolute Gasteiger partial charge is 0.251 e. The molecular weight excluding hydrogens is 400 g/mol. The number of rotatable bonds is 6. The largest absolute Gasteiger partial charge is 0.486 e. The van der Waals surface area contributed by atoms with Gasteiger partial charge in [0, 0.05) is 16.6 Å². The van der Waals surface area contributed by atoms with Crippen LogP contribution in [0.2, 0.25) is 0 Å². The van der Waals surface area contributed by atoms with Gasteiger partial charge in [0.1, 0.15) is 19.3 Å². The molecule has 2 heterocycles. The Bertz CT molecular complexity index is 1030. The van der Waals surface area contributed by atoms with E-state index in [4.69, 9.17) is 9.47 Å². The number of hydrogen-bond acceptors (Lipinski definition) is 5. The zero-order valence-electron chi connectivity index (χ0n) is 16.5. The number of thiophene rings is 1. The predicted molar refractivity (Wildman–Crippen MR) is 116 cm³/mol. The maximum absolute atomic E-state index is 13.1. The van der Waals surface area contributed by atoms with Crippen molar-refractivity contribution in [2.45, 2.75) is 19.4 Å². The summed E-state index contributed by atoms with van der Waals surface area (Å²) in [6, 6.07) is 15.8. The van der Waals surface area contributed by atoms with E-state index >= 15 is 0 Å². The van der Waals surface area contributed by atoms with Gasteiger partial charge in [-0.05, 0) is 36.1 Å². The van der Waals surface area contributed by atoms with Crippen molar-refractivity contribution in [3.8, 4) is 11.5 Å². The summed E-state index contributed by atoms with van der Waals surface area (Å²) in [5, 5.41) is 7.68. The van der Waals surface area contributed by atoms with Crippen LogP contribution in [-0.4, -0.2) is 25.0 Å². The quantitative estimate of drug-likeness (QED) is 0.632. The molecule has 0 unspecified atom stereocenters. The van der Waals surface area contributed by atoms with Crippen LogP contribution < -0.4 is 20.1 Å². The third kappa shape index (κ3) is 4.80. The Balaban J connectivity index is 1.52. The second-order valence-electron chi connectivity index (χ2n) is 7.02. The normalized spacial score (nSPS) is 13.4. The van der Waals surface area contributed by atoms with E-state index in [0.717, 1.165) is 16.0 Å². The SMILES string of the molecule is Cc1ccc([C@H](NC(=O)Cc2cccs2)C(=O)Nc2ccc3c(c2)OCCO3)cc1. The molecule has 7 heteroatoms. The number of ether oxygens (including phenoxy) is 2. The molecule has 2 N–H and O–H groups in total. The van der Waals surface area contributed by atoms with Gasteiger partial charge in [-0.3, -0.25) is 9.59 Å². The highest BCUT2D eigenvalue weighted by molar-refractivity contribution is 7.10. The minimum absolute atomic E-state index is 0.208. The lowest BCUT2D eigenvalue weighted by Gasteiger charge is -2.21. The van der Waals surface area contributed by atoms with Gasteiger partial charge in [-0.1, -0.05) is 35.9 Å². The van der Waals surface area contributed by atoms with Crippen LogP contribution in [0.25, 0.3) is 0 Å². The Morgan fingerprint density at radius 1 is 1.03 bits per heavy atom. The Hall–Kier alpha value is -3.32. The lowest BCUT2D eigenvalue weighted by atomic mass is 10.0. The molecule has 1 aliphatic heterocycles. The summed E-state index contributed by atoms with van der Waals surface area (Å²) in [6.45, 7) is 2.95. The molecule has 30 heavy (non-hydrogen) atoms. The molecule has 1 atom stereocenters. The molecule has 0 bridgehead atoms. The summed E-state index contributed by atoms with van der Waals surface area (Å²) in [5.41, 5.74) is 2.37. The minimum Gasteiger partial charge on any atom is -0.486 e. The average molecular weight is 423 g/mol. The predicted octanol–water partition coefficient (Wildman–Crippen LogP) is 3.87. The summed E-state index contributed by atoms with van der Waals surface area (Å²) in [5.74, 6) is 0.710. The van der Waals surface area contributed by atoms with Gasteiger partial charge in [0.15, 0.2) is 11.5 Å². The molecule has 3 aromatic rings. The molecule has 0 saturated heterocycles. The van der Waals surface area contributed by atoms with E-state index in [2.05, 4.69) is 10.6 Å². The Kier molecular flexibility index (Phi) is 5.99. The van der Waals surface area contributed by atoms with Crippen LogP contribution in [-0.2, 0) is 16.0 Å². The second-order valence-corrected chi connectivity index (χ2v) is 8.05. The zero-order valence-corrected chi connectivity index (χ0v) is 17.3. The van der Waals surface area contributed by atoms with Gasteiger partial charge in [0.05, 0.1) is 6.42 Å². The van der Waals surface area contributed by atoms with Crippen molar-refractivity contribution in [3.63, 3.8) is 0 Å². The fraction of sp³-hybridized carbons (Fsp3) is 0.217. The van der Waals surface area contributed by atoms with E-state index in [1.165, 1.54) is 11.3 Å². The second kappa shape index (κ2) is 9.00. The van der Waals surface area contributed by atoms with Crippen LogP contribution in [0.4, 0.5) is 5.69 Å². The summed E-state index contributed by atoms with van der Waals surface area (Å²) < 4.78 is 11.1. The Labute approximate surface area is 178 Å². The number of carbonyl (C=O) groups is 2. The van der Waals surface area contributed by atoms with Gasteiger partial charge in [0.25, 0.3) is 5.91 Å². The van der Waals surface area contributed by atoms with Crippen molar-refractivity contribution < 1.29 is 19.1 Å². The molecular formula is C23H22N2O4S. The van der Waals surface area contributed by atoms with Crippen molar-refractivity contribution in [1.29, 1.82) is 0 Å². The molecule has 0 saturated carbocycles. The van der Waals surface area contributed by atoms with E-state index in [1.807, 2.05) is 48.7 Å². The van der Waals surface area contributed by atoms with E-state index in [1.54, 1.807) is 18.2 Å². The van der Waals surface area contributed by atoms with Gasteiger partial charge in [-0.2, -0.15) is 0 Å². The van der Waals surface area contributed by atoms with Gasteiger partial charge in [-0.25, -0.2) is 0 Å². The number of nitrogens with one attached hydrogen (secondary N) is 2. The molecule has 1 aromatic heterocycles. The number of fused-ring (bicyclic) bond motifs is 1. The first-order chi connectivity index (χ1) is 14.6. The van der Waals surface area contributed by atoms with Crippen molar-refractivity contribution in [2.24, 2.45) is 0 Å². The first-order valence-electron chi connectivity index (χ1n) is 9.67. The molecule has 2 aromatic carbocycles. The monoisotopic (exact) mass is 422 g/mol. The number of amides is 2. The average Bonchev–Trinajstić information content (AvgIpc) is 3.25. The lowest BCUT2D eigenvalue weighted by molar-refractivity contribution is -0.126. The molecule has 2 amide bonds. The van der Waals surface area contributed by atoms with E-state index < -0.39 is 6.04 Å². The van der Waals surface area contributed by atoms with Crippen molar-refractivity contribution in [2.75, 3.05) is 18.5 Å². The van der Waals surface area contributed by atoms with Crippen LogP contribution in [0.5, 0.6) is 11.5 Å². The molecule has 0 aliphatic carbocycles. The van der Waals surface area contributed by atoms with E-state index in [9.17, 15) is 9.59 Å². The summed E-state index contributed by atoms with van der Waals surface area (Å²) >= 11 is 1.51. The van der Waals surface area contributed by atoms with Crippen LogP contribution in [0.1, 0.15) is 22.0 Å². The first-order valence-corrected chi connectivity index (χ1v) is 10.6. The molecule has 154 valence electrons. The topological polar surface area (TPSA) is 76.7 Å². The number of carbonyl (C=O) groups excluding carboxylic acids is 2. The molecule has 0 fully saturated rings. The summed E-state index contributed by atoms with van der Waals surface area (Å²) in [4.78, 5) is 26.6. The zero-order chi connectivity index (χ0) is 20.9. The minimum atomic E-state index is -0.814. The van der Waals surface area contributed by atoms with Gasteiger partial charge < -0.3 is 20.1 Å². The van der Waals surface area contributed by atoms with Crippen molar-refractivity contribution in [1.82, 2.24) is 5.32 Å². The number of hydrogen-bond donors (Lipinski definition) is 2. The van der Waals surface area contributed by atoms with Crippen molar-refractivity contribution >= 4 is 28.8 Å². The highest BCUT2D eigenvalue weighted by Crippen LogP contribution is 2.33. The maximum Gasteiger partial charge on any atom is 0.251 e. The van der Waals surface area contributed by atoms with Gasteiger partial charge >= 0.3 is 0 Å². The highest BCUT2D eigenvalue weighted by Gasteiger charge is 2.24. The molecule has 0 spiro atoms. The fourth-order valence-corrected chi connectivity index (χ4v) is 3.88. The maximum atomic E-state index is 13.1. The Morgan fingerprint density at radius 2 is 1.80 bits per heavy atom. The number of benzene rings is 2. The van der Waals surface area contributed by atoms with Crippen LogP contribution in [0.15, 0.2) is 60.0 Å². The van der Waals surface area contributed by atoms with Crippen LogP contribution in [0, 0.1) is 6.92 Å². The standard InChI is InChI=1S/C23H22N2O4S/c1-15-4-6-16(7-5-15)22(25-21(26)14-18-3-2-12-30-18)23(27)24-17-8-9-19-20(13-17)29-11-10-28-19/h2-9,12-13,22H,10-11,14H2,1H3,(H,24,27)(H,25,26)/t22-/m0/s1. The first kappa shape index (κ1) is 20.0. The number of anilines is 1. The van der Waals surface area contributed by atoms with Gasteiger partial charge in [0.2, 0.25) is 5.91 Å². The summed E-state index contributed by atoms with van der Waals surface area (Å²) in [7, 11) is 0. The van der Waals surface area contributed by atoms with Gasteiger partial charge in [-0.15, -0.1) is 11.3 Å². The Morgan fingerprint density at radius 3 is 2.53 bits per heavy atom. The molecule has 1 aliphatic rings. The third-order valence-electron chi connectivity index (χ3n) is 4.70. The highest BCUT2D eigenvalue weighted by atomic mass is 32.1. The molecule has 6 nitrogen and oxygen atoms in total. The van der Waals surface area contributed by atoms with Crippen LogP contribution in [0.3, 0.4) is 0 Å². The third-order valence-corrected chi connectivity index (χ3v) is 5.58.